The third-order valence-corrected chi connectivity index (χ3v) is 3.80. The van der Waals surface area contributed by atoms with E-state index < -0.39 is 6.10 Å². The second kappa shape index (κ2) is 7.46. The van der Waals surface area contributed by atoms with Crippen molar-refractivity contribution in [3.63, 3.8) is 0 Å². The average molecular weight is 291 g/mol. The normalized spacial score (nSPS) is 19.3. The molecule has 21 heavy (non-hydrogen) atoms. The quantitative estimate of drug-likeness (QED) is 0.876. The number of benzene rings is 1. The Hall–Kier alpha value is -1.55. The zero-order chi connectivity index (χ0) is 15.2. The summed E-state index contributed by atoms with van der Waals surface area (Å²) in [6, 6.07) is 6.04. The summed E-state index contributed by atoms with van der Waals surface area (Å²) < 4.78 is 11.4. The van der Waals surface area contributed by atoms with Crippen molar-refractivity contribution in [2.24, 2.45) is 0 Å². The van der Waals surface area contributed by atoms with Crippen LogP contribution in [0, 0.1) is 13.8 Å². The molecule has 0 spiro atoms. The molecule has 1 fully saturated rings. The van der Waals surface area contributed by atoms with Crippen LogP contribution in [0.25, 0.3) is 0 Å². The van der Waals surface area contributed by atoms with E-state index >= 15 is 0 Å². The van der Waals surface area contributed by atoms with E-state index in [9.17, 15) is 4.79 Å². The number of aryl methyl sites for hydroxylation is 2. The Balaban J connectivity index is 1.91. The van der Waals surface area contributed by atoms with Crippen LogP contribution < -0.4 is 10.1 Å². The van der Waals surface area contributed by atoms with Crippen molar-refractivity contribution in [3.8, 4) is 5.75 Å². The van der Waals surface area contributed by atoms with E-state index in [2.05, 4.69) is 5.32 Å². The molecule has 1 amide bonds. The summed E-state index contributed by atoms with van der Waals surface area (Å²) in [5.74, 6) is 0.725. The summed E-state index contributed by atoms with van der Waals surface area (Å²) in [6.45, 7) is 7.35. The van der Waals surface area contributed by atoms with E-state index in [0.29, 0.717) is 13.0 Å². The van der Waals surface area contributed by atoms with Crippen molar-refractivity contribution in [2.45, 2.75) is 52.2 Å². The minimum atomic E-state index is -0.452. The highest BCUT2D eigenvalue weighted by molar-refractivity contribution is 5.81. The summed E-state index contributed by atoms with van der Waals surface area (Å²) in [7, 11) is 0. The van der Waals surface area contributed by atoms with Gasteiger partial charge in [-0.25, -0.2) is 0 Å². The predicted octanol–water partition coefficient (Wildman–Crippen LogP) is 2.76. The van der Waals surface area contributed by atoms with Gasteiger partial charge in [0.1, 0.15) is 5.75 Å². The molecule has 4 heteroatoms. The third-order valence-electron chi connectivity index (χ3n) is 3.80. The van der Waals surface area contributed by atoms with Gasteiger partial charge in [0.05, 0.1) is 6.10 Å². The standard InChI is InChI=1S/C17H25NO3/c1-4-15(17(19)18-11-14-6-5-9-20-14)21-16-10-12(2)7-8-13(16)3/h7-8,10,14-15H,4-6,9,11H2,1-3H3,(H,18,19). The molecule has 2 rings (SSSR count). The third kappa shape index (κ3) is 4.46. The number of hydrogen-bond acceptors (Lipinski definition) is 3. The monoisotopic (exact) mass is 291 g/mol. The number of carbonyl (C=O) groups excluding carboxylic acids is 1. The Labute approximate surface area is 126 Å². The van der Waals surface area contributed by atoms with Gasteiger partial charge in [-0.05, 0) is 50.3 Å². The highest BCUT2D eigenvalue weighted by Crippen LogP contribution is 2.21. The average Bonchev–Trinajstić information content (AvgIpc) is 2.99. The van der Waals surface area contributed by atoms with E-state index in [1.807, 2.05) is 39.0 Å². The van der Waals surface area contributed by atoms with Crippen LogP contribution in [0.3, 0.4) is 0 Å². The number of ether oxygens (including phenoxy) is 2. The maximum Gasteiger partial charge on any atom is 0.261 e. The van der Waals surface area contributed by atoms with Gasteiger partial charge in [-0.3, -0.25) is 4.79 Å². The largest absolute Gasteiger partial charge is 0.480 e. The first-order valence-corrected chi connectivity index (χ1v) is 7.73. The molecule has 1 heterocycles. The molecule has 1 aliphatic heterocycles. The first kappa shape index (κ1) is 15.8. The van der Waals surface area contributed by atoms with Gasteiger partial charge in [0.15, 0.2) is 6.10 Å². The molecule has 2 unspecified atom stereocenters. The minimum absolute atomic E-state index is 0.0612. The number of hydrogen-bond donors (Lipinski definition) is 1. The van der Waals surface area contributed by atoms with Gasteiger partial charge in [0.25, 0.3) is 5.91 Å². The Morgan fingerprint density at radius 1 is 1.48 bits per heavy atom. The molecular weight excluding hydrogens is 266 g/mol. The van der Waals surface area contributed by atoms with Crippen LogP contribution in [0.1, 0.15) is 37.3 Å². The molecule has 1 saturated heterocycles. The number of carbonyl (C=O) groups is 1. The van der Waals surface area contributed by atoms with Crippen LogP contribution in [-0.2, 0) is 9.53 Å². The van der Waals surface area contributed by atoms with Gasteiger partial charge in [0, 0.05) is 13.2 Å². The van der Waals surface area contributed by atoms with Crippen molar-refractivity contribution < 1.29 is 14.3 Å². The van der Waals surface area contributed by atoms with Crippen LogP contribution in [0.15, 0.2) is 18.2 Å². The fourth-order valence-electron chi connectivity index (χ4n) is 2.44. The molecule has 0 radical (unpaired) electrons. The molecule has 1 aromatic rings. The summed E-state index contributed by atoms with van der Waals surface area (Å²) in [5.41, 5.74) is 2.18. The van der Waals surface area contributed by atoms with E-state index in [1.165, 1.54) is 0 Å². The van der Waals surface area contributed by atoms with Crippen LogP contribution >= 0.6 is 0 Å². The molecule has 116 valence electrons. The topological polar surface area (TPSA) is 47.6 Å². The van der Waals surface area contributed by atoms with E-state index in [4.69, 9.17) is 9.47 Å². The lowest BCUT2D eigenvalue weighted by molar-refractivity contribution is -0.128. The zero-order valence-electron chi connectivity index (χ0n) is 13.1. The summed E-state index contributed by atoms with van der Waals surface area (Å²) in [4.78, 5) is 12.2. The number of rotatable bonds is 6. The molecule has 0 aromatic heterocycles. The minimum Gasteiger partial charge on any atom is -0.480 e. The van der Waals surface area contributed by atoms with Crippen molar-refractivity contribution in [1.29, 1.82) is 0 Å². The molecule has 0 saturated carbocycles. The lowest BCUT2D eigenvalue weighted by Crippen LogP contribution is -2.41. The molecular formula is C17H25NO3. The molecule has 0 bridgehead atoms. The van der Waals surface area contributed by atoms with Crippen LogP contribution in [0.4, 0.5) is 0 Å². The lowest BCUT2D eigenvalue weighted by Gasteiger charge is -2.20. The molecule has 1 aliphatic rings. The van der Waals surface area contributed by atoms with Crippen molar-refractivity contribution >= 4 is 5.91 Å². The Bertz CT molecular complexity index is 481. The first-order valence-electron chi connectivity index (χ1n) is 7.73. The van der Waals surface area contributed by atoms with Gasteiger partial charge in [-0.2, -0.15) is 0 Å². The van der Waals surface area contributed by atoms with E-state index in [0.717, 1.165) is 36.3 Å². The maximum absolute atomic E-state index is 12.2. The van der Waals surface area contributed by atoms with E-state index in [-0.39, 0.29) is 12.0 Å². The van der Waals surface area contributed by atoms with Gasteiger partial charge < -0.3 is 14.8 Å². The Morgan fingerprint density at radius 3 is 2.95 bits per heavy atom. The maximum atomic E-state index is 12.2. The second-order valence-corrected chi connectivity index (χ2v) is 5.66. The highest BCUT2D eigenvalue weighted by atomic mass is 16.5. The van der Waals surface area contributed by atoms with Crippen LogP contribution in [-0.4, -0.2) is 31.3 Å². The second-order valence-electron chi connectivity index (χ2n) is 5.66. The zero-order valence-corrected chi connectivity index (χ0v) is 13.1. The van der Waals surface area contributed by atoms with Gasteiger partial charge in [-0.1, -0.05) is 19.1 Å². The molecule has 0 aliphatic carbocycles. The molecule has 1 aromatic carbocycles. The van der Waals surface area contributed by atoms with E-state index in [1.54, 1.807) is 0 Å². The first-order chi connectivity index (χ1) is 10.1. The SMILES string of the molecule is CCC(Oc1cc(C)ccc1C)C(=O)NCC1CCCO1. The summed E-state index contributed by atoms with van der Waals surface area (Å²) >= 11 is 0. The van der Waals surface area contributed by atoms with Crippen molar-refractivity contribution in [3.05, 3.63) is 29.3 Å². The Kier molecular flexibility index (Phi) is 5.62. The molecule has 1 N–H and O–H groups in total. The lowest BCUT2D eigenvalue weighted by atomic mass is 10.1. The fraction of sp³-hybridized carbons (Fsp3) is 0.588. The molecule has 2 atom stereocenters. The van der Waals surface area contributed by atoms with Crippen molar-refractivity contribution in [2.75, 3.05) is 13.2 Å². The summed E-state index contributed by atoms with van der Waals surface area (Å²) in [5, 5.41) is 2.94. The molecule has 4 nitrogen and oxygen atoms in total. The smallest absolute Gasteiger partial charge is 0.261 e. The number of amides is 1. The van der Waals surface area contributed by atoms with Gasteiger partial charge in [-0.15, -0.1) is 0 Å². The van der Waals surface area contributed by atoms with Gasteiger partial charge in [0.2, 0.25) is 0 Å². The Morgan fingerprint density at radius 2 is 2.29 bits per heavy atom. The van der Waals surface area contributed by atoms with Crippen LogP contribution in [0.5, 0.6) is 5.75 Å². The summed E-state index contributed by atoms with van der Waals surface area (Å²) in [6.07, 6.45) is 2.45. The number of nitrogens with one attached hydrogen (secondary N) is 1. The fourth-order valence-corrected chi connectivity index (χ4v) is 2.44. The highest BCUT2D eigenvalue weighted by Gasteiger charge is 2.22. The van der Waals surface area contributed by atoms with Crippen molar-refractivity contribution in [1.82, 2.24) is 5.32 Å². The van der Waals surface area contributed by atoms with Gasteiger partial charge >= 0.3 is 0 Å². The van der Waals surface area contributed by atoms with Crippen LogP contribution in [0.2, 0.25) is 0 Å². The predicted molar refractivity (Wildman–Crippen MR) is 82.6 cm³/mol.